The van der Waals surface area contributed by atoms with E-state index < -0.39 is 10.2 Å². The van der Waals surface area contributed by atoms with Crippen molar-refractivity contribution in [3.05, 3.63) is 46.7 Å². The standard InChI is InChI=1S/C11H9BrN2OS.ClHO4/c12-9-3-1-8(2-4-9)10(15)7-16-11-13-5-6-14-11;2-1(3,4)5/h1-6H,7H2,(H,13,14);(H,2,3,4,5). The fourth-order valence-electron chi connectivity index (χ4n) is 1.18. The smallest absolute Gasteiger partial charge is 0.173 e. The zero-order chi connectivity index (χ0) is 15.9. The van der Waals surface area contributed by atoms with Crippen LogP contribution in [0.5, 0.6) is 0 Å². The van der Waals surface area contributed by atoms with Crippen molar-refractivity contribution in [2.24, 2.45) is 0 Å². The zero-order valence-corrected chi connectivity index (χ0v) is 13.5. The Bertz CT molecular complexity index is 553. The second-order valence-electron chi connectivity index (χ2n) is 3.51. The maximum atomic E-state index is 11.8. The zero-order valence-electron chi connectivity index (χ0n) is 10.4. The van der Waals surface area contributed by atoms with E-state index in [1.807, 2.05) is 24.3 Å². The van der Waals surface area contributed by atoms with Gasteiger partial charge in [-0.05, 0) is 12.1 Å². The molecule has 0 amide bonds. The Balaban J connectivity index is 0.000000383. The number of Topliss-reactive ketones (excluding diaryl/α,β-unsaturated/α-hetero) is 1. The van der Waals surface area contributed by atoms with E-state index in [1.54, 1.807) is 12.4 Å². The lowest BCUT2D eigenvalue weighted by molar-refractivity contribution is -1.92. The summed E-state index contributed by atoms with van der Waals surface area (Å²) in [6, 6.07) is 7.36. The lowest BCUT2D eigenvalue weighted by atomic mass is 10.2. The number of ketones is 1. The molecule has 0 aliphatic heterocycles. The van der Waals surface area contributed by atoms with Crippen LogP contribution in [0.25, 0.3) is 0 Å². The number of rotatable bonds is 4. The monoisotopic (exact) mass is 396 g/mol. The first-order chi connectivity index (χ1) is 9.75. The van der Waals surface area contributed by atoms with Crippen molar-refractivity contribution in [3.8, 4) is 0 Å². The predicted molar refractivity (Wildman–Crippen MR) is 70.0 cm³/mol. The van der Waals surface area contributed by atoms with Gasteiger partial charge in [0.25, 0.3) is 0 Å². The van der Waals surface area contributed by atoms with Crippen LogP contribution in [0.15, 0.2) is 46.3 Å². The molecule has 0 aliphatic rings. The number of thioether (sulfide) groups is 1. The van der Waals surface area contributed by atoms with Crippen LogP contribution in [0.4, 0.5) is 0 Å². The number of halogens is 2. The minimum Gasteiger partial charge on any atom is -0.340 e. The summed E-state index contributed by atoms with van der Waals surface area (Å²) < 4.78 is 33.7. The van der Waals surface area contributed by atoms with E-state index >= 15 is 0 Å². The topological polar surface area (TPSA) is 135 Å². The van der Waals surface area contributed by atoms with E-state index in [4.69, 9.17) is 18.6 Å². The Morgan fingerprint density at radius 1 is 1.33 bits per heavy atom. The third-order valence-electron chi connectivity index (χ3n) is 1.98. The van der Waals surface area contributed by atoms with Gasteiger partial charge in [-0.2, -0.15) is 14.0 Å². The summed E-state index contributed by atoms with van der Waals surface area (Å²) in [5, 5.41) is 0.769. The minimum atomic E-state index is -4.69. The second kappa shape index (κ2) is 8.49. The van der Waals surface area contributed by atoms with E-state index in [-0.39, 0.29) is 5.78 Å². The number of nitrogens with one attached hydrogen (secondary N) is 1. The third-order valence-corrected chi connectivity index (χ3v) is 3.41. The van der Waals surface area contributed by atoms with Crippen molar-refractivity contribution in [3.63, 3.8) is 0 Å². The summed E-state index contributed by atoms with van der Waals surface area (Å²) in [5.41, 5.74) is 0.724. The predicted octanol–water partition coefficient (Wildman–Crippen LogP) is -0.977. The molecule has 1 aromatic heterocycles. The van der Waals surface area contributed by atoms with Crippen LogP contribution < -0.4 is 14.0 Å². The van der Waals surface area contributed by atoms with Gasteiger partial charge in [0.1, 0.15) is 0 Å². The van der Waals surface area contributed by atoms with Gasteiger partial charge in [0, 0.05) is 22.4 Å². The molecule has 0 fully saturated rings. The van der Waals surface area contributed by atoms with Crippen LogP contribution in [-0.4, -0.2) is 26.2 Å². The van der Waals surface area contributed by atoms with E-state index in [1.165, 1.54) is 11.8 Å². The van der Waals surface area contributed by atoms with Crippen LogP contribution in [0.3, 0.4) is 0 Å². The highest BCUT2D eigenvalue weighted by molar-refractivity contribution is 9.10. The highest BCUT2D eigenvalue weighted by atomic mass is 79.9. The molecule has 2 aromatic rings. The average Bonchev–Trinajstić information content (AvgIpc) is 2.88. The third kappa shape index (κ3) is 8.83. The quantitative estimate of drug-likeness (QED) is 0.500. The van der Waals surface area contributed by atoms with Crippen molar-refractivity contribution in [2.45, 2.75) is 5.16 Å². The number of aromatic nitrogens is 2. The Labute approximate surface area is 134 Å². The molecule has 0 atom stereocenters. The fourth-order valence-corrected chi connectivity index (χ4v) is 2.17. The van der Waals surface area contributed by atoms with Crippen molar-refractivity contribution < 1.29 is 33.7 Å². The second-order valence-corrected chi connectivity index (χ2v) is 6.18. The molecule has 10 heteroatoms. The molecular weight excluding hydrogens is 388 g/mol. The van der Waals surface area contributed by atoms with E-state index in [0.29, 0.717) is 5.75 Å². The van der Waals surface area contributed by atoms with Gasteiger partial charge in [0.05, 0.1) is 20.7 Å². The molecular formula is C11H10BrClN2O5S. The number of imidazole rings is 1. The molecule has 21 heavy (non-hydrogen) atoms. The van der Waals surface area contributed by atoms with Crippen molar-refractivity contribution >= 4 is 33.5 Å². The summed E-state index contributed by atoms with van der Waals surface area (Å²) in [5.74, 6) is 0.503. The molecule has 2 rings (SSSR count). The molecule has 114 valence electrons. The number of hydrogen-bond donors (Lipinski definition) is 2. The summed E-state index contributed by atoms with van der Waals surface area (Å²) in [6.45, 7) is 0. The summed E-state index contributed by atoms with van der Waals surface area (Å²) in [6.07, 6.45) is 3.42. The minimum absolute atomic E-state index is 0.105. The summed E-state index contributed by atoms with van der Waals surface area (Å²) in [4.78, 5) is 18.8. The summed E-state index contributed by atoms with van der Waals surface area (Å²) in [7, 11) is -4.69. The molecule has 0 aliphatic carbocycles. The van der Waals surface area contributed by atoms with Gasteiger partial charge in [-0.3, -0.25) is 4.79 Å². The number of nitrogens with zero attached hydrogens (tertiary/aromatic N) is 1. The lowest BCUT2D eigenvalue weighted by Crippen LogP contribution is -2.58. The van der Waals surface area contributed by atoms with Gasteiger partial charge in [0.2, 0.25) is 0 Å². The maximum Gasteiger partial charge on any atom is 0.173 e. The molecule has 0 saturated heterocycles. The van der Waals surface area contributed by atoms with Crippen LogP contribution in [0, 0.1) is 10.2 Å². The Kier molecular flexibility index (Phi) is 7.32. The molecule has 1 aromatic carbocycles. The van der Waals surface area contributed by atoms with Crippen molar-refractivity contribution in [1.29, 1.82) is 0 Å². The highest BCUT2D eigenvalue weighted by Gasteiger charge is 2.07. The first-order valence-electron chi connectivity index (χ1n) is 5.30. The van der Waals surface area contributed by atoms with Gasteiger partial charge in [0.15, 0.2) is 10.9 Å². The SMILES string of the molecule is O=C(CSc1ncc[nH]1)c1ccc(Br)cc1.[O-][Cl+3]([O-])([O-])O. The average molecular weight is 398 g/mol. The van der Waals surface area contributed by atoms with E-state index in [2.05, 4.69) is 25.9 Å². The van der Waals surface area contributed by atoms with Gasteiger partial charge < -0.3 is 4.98 Å². The van der Waals surface area contributed by atoms with Crippen molar-refractivity contribution in [1.82, 2.24) is 9.97 Å². The molecule has 7 nitrogen and oxygen atoms in total. The molecule has 0 spiro atoms. The first-order valence-corrected chi connectivity index (χ1v) is 8.34. The van der Waals surface area contributed by atoms with E-state index in [0.717, 1.165) is 15.2 Å². The van der Waals surface area contributed by atoms with Crippen LogP contribution in [0.1, 0.15) is 10.4 Å². The molecule has 2 N–H and O–H groups in total. The van der Waals surface area contributed by atoms with Crippen molar-refractivity contribution in [2.75, 3.05) is 5.75 Å². The van der Waals surface area contributed by atoms with E-state index in [9.17, 15) is 4.79 Å². The van der Waals surface area contributed by atoms with Crippen LogP contribution in [0.2, 0.25) is 0 Å². The molecule has 0 radical (unpaired) electrons. The summed E-state index contributed by atoms with van der Waals surface area (Å²) >= 11 is 4.74. The Morgan fingerprint density at radius 3 is 2.38 bits per heavy atom. The Hall–Kier alpha value is -0.940. The van der Waals surface area contributed by atoms with Crippen LogP contribution >= 0.6 is 27.7 Å². The number of carbonyl (C=O) groups is 1. The molecule has 0 unspecified atom stereocenters. The lowest BCUT2D eigenvalue weighted by Gasteiger charge is -2.03. The van der Waals surface area contributed by atoms with Crippen LogP contribution in [-0.2, 0) is 0 Å². The first kappa shape index (κ1) is 18.1. The van der Waals surface area contributed by atoms with Gasteiger partial charge in [-0.25, -0.2) is 4.98 Å². The largest absolute Gasteiger partial charge is 0.340 e. The fraction of sp³-hybridized carbons (Fsp3) is 0.0909. The van der Waals surface area contributed by atoms with Gasteiger partial charge >= 0.3 is 0 Å². The molecule has 1 heterocycles. The highest BCUT2D eigenvalue weighted by Crippen LogP contribution is 2.16. The number of aromatic amines is 1. The normalized spacial score (nSPS) is 10.7. The molecule has 0 bridgehead atoms. The maximum absolute atomic E-state index is 11.8. The number of H-pyrrole nitrogens is 1. The van der Waals surface area contributed by atoms with Gasteiger partial charge in [-0.1, -0.05) is 39.8 Å². The number of carbonyl (C=O) groups excluding carboxylic acids is 1. The van der Waals surface area contributed by atoms with Gasteiger partial charge in [-0.15, -0.1) is 0 Å². The number of benzene rings is 1. The molecule has 0 saturated carbocycles. The number of hydrogen-bond acceptors (Lipinski definition) is 7. The Morgan fingerprint density at radius 2 is 1.90 bits per heavy atom.